The van der Waals surface area contributed by atoms with Crippen molar-refractivity contribution in [3.8, 4) is 5.75 Å². The molecule has 6 rings (SSSR count). The third-order valence-electron chi connectivity index (χ3n) is 7.62. The van der Waals surface area contributed by atoms with Gasteiger partial charge in [0.15, 0.2) is 23.8 Å². The summed E-state index contributed by atoms with van der Waals surface area (Å²) in [6.45, 7) is 1.05. The molecule has 2 amide bonds. The van der Waals surface area contributed by atoms with Crippen LogP contribution < -0.4 is 21.5 Å². The van der Waals surface area contributed by atoms with Crippen molar-refractivity contribution in [2.24, 2.45) is 5.92 Å². The largest absolute Gasteiger partial charge is 0.415 e. The molecule has 3 aliphatic rings. The molecule has 14 heteroatoms. The predicted octanol–water partition coefficient (Wildman–Crippen LogP) is 0.342. The molecule has 4 atom stereocenters. The number of ether oxygens (including phenoxy) is 2. The van der Waals surface area contributed by atoms with Gasteiger partial charge in [0.25, 0.3) is 5.91 Å². The first-order valence-corrected chi connectivity index (χ1v) is 13.4. The molecular formula is C26H32N8O6. The van der Waals surface area contributed by atoms with E-state index in [0.717, 1.165) is 25.7 Å². The Morgan fingerprint density at radius 2 is 1.77 bits per heavy atom. The summed E-state index contributed by atoms with van der Waals surface area (Å²) < 4.78 is 12.7. The fraction of sp³-hybridized carbons (Fsp3) is 0.500. The molecule has 0 radical (unpaired) electrons. The average molecular weight is 553 g/mol. The number of carbonyl (C=O) groups excluding carboxylic acids is 2. The lowest BCUT2D eigenvalue weighted by atomic mass is 9.93. The van der Waals surface area contributed by atoms with Gasteiger partial charge in [-0.05, 0) is 55.9 Å². The van der Waals surface area contributed by atoms with E-state index >= 15 is 0 Å². The van der Waals surface area contributed by atoms with Crippen LogP contribution in [0, 0.1) is 5.92 Å². The minimum Gasteiger partial charge on any atom is -0.410 e. The Morgan fingerprint density at radius 1 is 1.05 bits per heavy atom. The van der Waals surface area contributed by atoms with Gasteiger partial charge in [-0.2, -0.15) is 0 Å². The van der Waals surface area contributed by atoms with Crippen molar-refractivity contribution in [3.63, 3.8) is 0 Å². The number of benzene rings is 1. The summed E-state index contributed by atoms with van der Waals surface area (Å²) in [6.07, 6.45) is -0.312. The van der Waals surface area contributed by atoms with Gasteiger partial charge in [-0.25, -0.2) is 19.7 Å². The zero-order chi connectivity index (χ0) is 28.0. The quantitative estimate of drug-likeness (QED) is 0.264. The number of piperidine rings is 1. The monoisotopic (exact) mass is 552 g/mol. The summed E-state index contributed by atoms with van der Waals surface area (Å²) in [5.41, 5.74) is 13.1. The third kappa shape index (κ3) is 5.24. The van der Waals surface area contributed by atoms with Crippen LogP contribution in [0.15, 0.2) is 30.6 Å². The maximum absolute atomic E-state index is 12.6. The van der Waals surface area contributed by atoms with E-state index in [0.29, 0.717) is 47.9 Å². The molecule has 0 bridgehead atoms. The van der Waals surface area contributed by atoms with Crippen LogP contribution in [-0.4, -0.2) is 84.1 Å². The fourth-order valence-corrected chi connectivity index (χ4v) is 5.16. The molecule has 7 N–H and O–H groups in total. The molecule has 4 heterocycles. The Hall–Kier alpha value is -4.01. The van der Waals surface area contributed by atoms with Crippen LogP contribution in [0.4, 0.5) is 16.3 Å². The highest BCUT2D eigenvalue weighted by Crippen LogP contribution is 2.33. The van der Waals surface area contributed by atoms with E-state index in [1.165, 1.54) is 10.9 Å². The highest BCUT2D eigenvalue weighted by Gasteiger charge is 2.48. The molecule has 3 fully saturated rings. The van der Waals surface area contributed by atoms with Crippen molar-refractivity contribution >= 4 is 34.7 Å². The van der Waals surface area contributed by atoms with Crippen molar-refractivity contribution in [3.05, 3.63) is 36.4 Å². The molecule has 1 aromatic carbocycles. The number of imidazole rings is 1. The Balaban J connectivity index is 1.11. The number of hydrogen-bond donors (Lipinski definition) is 5. The van der Waals surface area contributed by atoms with Gasteiger partial charge < -0.3 is 41.4 Å². The number of rotatable bonds is 6. The molecule has 40 heavy (non-hydrogen) atoms. The Kier molecular flexibility index (Phi) is 6.90. The fourth-order valence-electron chi connectivity index (χ4n) is 5.16. The van der Waals surface area contributed by atoms with Gasteiger partial charge in [-0.15, -0.1) is 0 Å². The first-order valence-electron chi connectivity index (χ1n) is 13.4. The third-order valence-corrected chi connectivity index (χ3v) is 7.62. The summed E-state index contributed by atoms with van der Waals surface area (Å²) >= 11 is 0. The Morgan fingerprint density at radius 3 is 2.48 bits per heavy atom. The van der Waals surface area contributed by atoms with Gasteiger partial charge in [0.05, 0.1) is 6.33 Å². The van der Waals surface area contributed by atoms with Crippen molar-refractivity contribution in [2.75, 3.05) is 24.6 Å². The predicted molar refractivity (Wildman–Crippen MR) is 142 cm³/mol. The number of aromatic nitrogens is 4. The Bertz CT molecular complexity index is 1400. The Labute approximate surface area is 229 Å². The summed E-state index contributed by atoms with van der Waals surface area (Å²) in [7, 11) is 0. The zero-order valence-corrected chi connectivity index (χ0v) is 21.7. The van der Waals surface area contributed by atoms with Crippen LogP contribution in [0.2, 0.25) is 0 Å². The van der Waals surface area contributed by atoms with E-state index < -0.39 is 36.5 Å². The van der Waals surface area contributed by atoms with E-state index in [4.69, 9.17) is 20.9 Å². The molecule has 2 saturated heterocycles. The summed E-state index contributed by atoms with van der Waals surface area (Å²) in [4.78, 5) is 40.1. The van der Waals surface area contributed by atoms with E-state index in [9.17, 15) is 19.8 Å². The van der Waals surface area contributed by atoms with Crippen molar-refractivity contribution in [2.45, 2.75) is 62.7 Å². The lowest BCUT2D eigenvalue weighted by Gasteiger charge is -2.31. The topological polar surface area (TPSA) is 204 Å². The van der Waals surface area contributed by atoms with E-state index in [1.807, 2.05) is 0 Å². The number of likely N-dealkylation sites (tertiary alicyclic amines) is 1. The highest BCUT2D eigenvalue weighted by molar-refractivity contribution is 5.83. The minimum absolute atomic E-state index is 0.0879. The van der Waals surface area contributed by atoms with Gasteiger partial charge in [-0.1, -0.05) is 0 Å². The molecule has 2 aliphatic heterocycles. The second kappa shape index (κ2) is 10.5. The number of aliphatic hydroxyl groups is 2. The summed E-state index contributed by atoms with van der Waals surface area (Å²) in [6, 6.07) is 6.75. The zero-order valence-electron chi connectivity index (χ0n) is 21.7. The van der Waals surface area contributed by atoms with Gasteiger partial charge in [0.2, 0.25) is 0 Å². The first-order chi connectivity index (χ1) is 19.3. The number of nitrogens with two attached hydrogens (primary N) is 2. The maximum atomic E-state index is 12.6. The molecule has 1 unspecified atom stereocenters. The summed E-state index contributed by atoms with van der Waals surface area (Å²) in [5.74, 6) is 0.859. The van der Waals surface area contributed by atoms with Crippen LogP contribution in [0.25, 0.3) is 11.2 Å². The van der Waals surface area contributed by atoms with E-state index in [-0.39, 0.29) is 17.8 Å². The van der Waals surface area contributed by atoms with Crippen LogP contribution in [0.3, 0.4) is 0 Å². The number of fused-ring (bicyclic) bond motifs is 1. The number of nitrogens with one attached hydrogen (secondary N) is 1. The smallest absolute Gasteiger partial charge is 0.410 e. The molecule has 212 valence electrons. The molecule has 0 spiro atoms. The van der Waals surface area contributed by atoms with Crippen LogP contribution in [-0.2, 0) is 16.0 Å². The minimum atomic E-state index is -1.41. The van der Waals surface area contributed by atoms with Crippen LogP contribution >= 0.6 is 0 Å². The summed E-state index contributed by atoms with van der Waals surface area (Å²) in [5, 5.41) is 24.0. The number of nitrogen functional groups attached to an aromatic ring is 2. The molecule has 1 aliphatic carbocycles. The number of anilines is 2. The standard InChI is InChI=1S/C26H32N8O6/c27-14-1-5-16(6-2-14)39-26(38)33-9-7-13(8-10-33)11-17-31-22(28)18-23(32-17)34(12-29-18)25-20(36)19(35)21(40-25)24(37)30-15-3-4-15/h1-2,5-6,12-13,15,19-21,25,35-36H,3-4,7-11,27H2,(H,30,37)(H2,28,31,32)/t19-,20?,21+,25-/m1/s1. The highest BCUT2D eigenvalue weighted by atomic mass is 16.6. The second-order valence-corrected chi connectivity index (χ2v) is 10.6. The lowest BCUT2D eigenvalue weighted by Crippen LogP contribution is -2.43. The van der Waals surface area contributed by atoms with Crippen molar-refractivity contribution < 1.29 is 29.3 Å². The maximum Gasteiger partial charge on any atom is 0.415 e. The van der Waals surface area contributed by atoms with Gasteiger partial charge in [0.1, 0.15) is 29.3 Å². The normalized spacial score (nSPS) is 25.3. The number of amides is 2. The second-order valence-electron chi connectivity index (χ2n) is 10.6. The number of nitrogens with zero attached hydrogens (tertiary/aromatic N) is 5. The first kappa shape index (κ1) is 26.2. The SMILES string of the molecule is Nc1ccc(OC(=O)N2CCC(Cc3nc(N)c4ncn([C@@H]5O[C@H](C(=O)NC6CC6)[C@H](O)C5O)c4n3)CC2)cc1. The number of carbonyl (C=O) groups is 2. The van der Waals surface area contributed by atoms with Crippen molar-refractivity contribution in [1.29, 1.82) is 0 Å². The van der Waals surface area contributed by atoms with Gasteiger partial charge in [-0.3, -0.25) is 9.36 Å². The van der Waals surface area contributed by atoms with E-state index in [2.05, 4.69) is 20.3 Å². The number of aliphatic hydroxyl groups excluding tert-OH is 2. The molecule has 14 nitrogen and oxygen atoms in total. The molecule has 1 saturated carbocycles. The van der Waals surface area contributed by atoms with Crippen molar-refractivity contribution in [1.82, 2.24) is 29.7 Å². The molecule has 3 aromatic rings. The van der Waals surface area contributed by atoms with Gasteiger partial charge in [0, 0.05) is 31.2 Å². The molecular weight excluding hydrogens is 520 g/mol. The average Bonchev–Trinajstić information content (AvgIpc) is 3.57. The van der Waals surface area contributed by atoms with Crippen LogP contribution in [0.1, 0.15) is 37.7 Å². The number of hydrogen-bond acceptors (Lipinski definition) is 11. The molecule has 2 aromatic heterocycles. The lowest BCUT2D eigenvalue weighted by molar-refractivity contribution is -0.137. The van der Waals surface area contributed by atoms with E-state index in [1.54, 1.807) is 29.2 Å². The van der Waals surface area contributed by atoms with Gasteiger partial charge >= 0.3 is 6.09 Å². The van der Waals surface area contributed by atoms with Crippen LogP contribution in [0.5, 0.6) is 5.75 Å².